The standard InChI is InChI=1S/C23H36N4O4/c1-5-29-20-11-17-10-16(2)31-21(17)12-18(20)13-24-23(26-15-22(28)27(3)4)25-14-19-8-6-7-9-30-19/h11-12,16,19H,5-10,13-15H2,1-4H3,(H2,24,25,26). The van der Waals surface area contributed by atoms with Crippen molar-refractivity contribution in [1.82, 2.24) is 15.5 Å². The Morgan fingerprint density at radius 1 is 1.29 bits per heavy atom. The van der Waals surface area contributed by atoms with Gasteiger partial charge in [0.2, 0.25) is 5.91 Å². The zero-order chi connectivity index (χ0) is 22.2. The summed E-state index contributed by atoms with van der Waals surface area (Å²) in [5.74, 6) is 2.31. The maximum Gasteiger partial charge on any atom is 0.241 e. The molecule has 2 aliphatic rings. The van der Waals surface area contributed by atoms with Crippen LogP contribution in [0.15, 0.2) is 17.1 Å². The fraction of sp³-hybridized carbons (Fsp3) is 0.652. The molecule has 0 radical (unpaired) electrons. The molecular weight excluding hydrogens is 396 g/mol. The molecule has 2 heterocycles. The van der Waals surface area contributed by atoms with Gasteiger partial charge < -0.3 is 29.7 Å². The van der Waals surface area contributed by atoms with Gasteiger partial charge in [-0.1, -0.05) is 0 Å². The van der Waals surface area contributed by atoms with Crippen LogP contribution in [0.4, 0.5) is 0 Å². The average molecular weight is 433 g/mol. The molecule has 3 rings (SSSR count). The Bertz CT molecular complexity index is 775. The van der Waals surface area contributed by atoms with Crippen LogP contribution in [0.25, 0.3) is 0 Å². The quantitative estimate of drug-likeness (QED) is 0.484. The van der Waals surface area contributed by atoms with Gasteiger partial charge >= 0.3 is 0 Å². The number of hydrogen-bond acceptors (Lipinski definition) is 5. The van der Waals surface area contributed by atoms with Gasteiger partial charge in [-0.3, -0.25) is 4.79 Å². The van der Waals surface area contributed by atoms with Gasteiger partial charge in [0.25, 0.3) is 0 Å². The van der Waals surface area contributed by atoms with Gasteiger partial charge in [0, 0.05) is 44.8 Å². The van der Waals surface area contributed by atoms with E-state index in [4.69, 9.17) is 19.2 Å². The van der Waals surface area contributed by atoms with Gasteiger partial charge in [0.15, 0.2) is 5.96 Å². The summed E-state index contributed by atoms with van der Waals surface area (Å²) in [6, 6.07) is 4.10. The number of nitrogens with one attached hydrogen (secondary N) is 2. The molecule has 1 fully saturated rings. The Balaban J connectivity index is 1.72. The third-order valence-corrected chi connectivity index (χ3v) is 5.46. The van der Waals surface area contributed by atoms with Crippen LogP contribution in [0.5, 0.6) is 11.5 Å². The first-order valence-electron chi connectivity index (χ1n) is 11.3. The highest BCUT2D eigenvalue weighted by molar-refractivity contribution is 5.86. The van der Waals surface area contributed by atoms with E-state index in [1.165, 1.54) is 12.0 Å². The van der Waals surface area contributed by atoms with Gasteiger partial charge in [-0.05, 0) is 45.2 Å². The van der Waals surface area contributed by atoms with E-state index in [0.29, 0.717) is 25.7 Å². The number of ether oxygens (including phenoxy) is 3. The fourth-order valence-corrected chi connectivity index (χ4v) is 3.73. The predicted octanol–water partition coefficient (Wildman–Crippen LogP) is 2.10. The van der Waals surface area contributed by atoms with Crippen molar-refractivity contribution in [3.8, 4) is 11.5 Å². The average Bonchev–Trinajstić information content (AvgIpc) is 3.12. The second kappa shape index (κ2) is 11.2. The Labute approximate surface area is 185 Å². The summed E-state index contributed by atoms with van der Waals surface area (Å²) >= 11 is 0. The van der Waals surface area contributed by atoms with Crippen molar-refractivity contribution in [2.45, 2.75) is 58.3 Å². The number of benzene rings is 1. The largest absolute Gasteiger partial charge is 0.494 e. The molecule has 2 atom stereocenters. The summed E-state index contributed by atoms with van der Waals surface area (Å²) in [7, 11) is 3.48. The van der Waals surface area contributed by atoms with E-state index in [1.807, 2.05) is 13.0 Å². The minimum absolute atomic E-state index is 0.0154. The number of amides is 1. The molecule has 2 N–H and O–H groups in total. The summed E-state index contributed by atoms with van der Waals surface area (Å²) in [5.41, 5.74) is 2.13. The van der Waals surface area contributed by atoms with Gasteiger partial charge in [-0.15, -0.1) is 0 Å². The van der Waals surface area contributed by atoms with E-state index in [2.05, 4.69) is 23.6 Å². The lowest BCUT2D eigenvalue weighted by Gasteiger charge is -2.24. The molecule has 2 aliphatic heterocycles. The summed E-state index contributed by atoms with van der Waals surface area (Å²) in [6.07, 6.45) is 4.56. The summed E-state index contributed by atoms with van der Waals surface area (Å²) in [4.78, 5) is 18.3. The Hall–Kier alpha value is -2.48. The van der Waals surface area contributed by atoms with E-state index in [9.17, 15) is 4.79 Å². The normalized spacial score (nSPS) is 20.6. The summed E-state index contributed by atoms with van der Waals surface area (Å²) < 4.78 is 17.6. The van der Waals surface area contributed by atoms with Crippen LogP contribution in [0.3, 0.4) is 0 Å². The van der Waals surface area contributed by atoms with Gasteiger partial charge in [-0.2, -0.15) is 0 Å². The highest BCUT2D eigenvalue weighted by Crippen LogP contribution is 2.35. The Morgan fingerprint density at radius 3 is 2.84 bits per heavy atom. The molecule has 0 aromatic heterocycles. The first-order valence-corrected chi connectivity index (χ1v) is 11.3. The Kier molecular flexibility index (Phi) is 8.40. The molecule has 0 bridgehead atoms. The van der Waals surface area contributed by atoms with Crippen LogP contribution in [0.2, 0.25) is 0 Å². The third kappa shape index (κ3) is 6.75. The summed E-state index contributed by atoms with van der Waals surface area (Å²) in [6.45, 7) is 6.68. The second-order valence-corrected chi connectivity index (χ2v) is 8.31. The molecule has 2 unspecified atom stereocenters. The molecule has 0 aliphatic carbocycles. The van der Waals surface area contributed by atoms with Gasteiger partial charge in [0.1, 0.15) is 17.6 Å². The molecule has 8 heteroatoms. The van der Waals surface area contributed by atoms with E-state index >= 15 is 0 Å². The lowest BCUT2D eigenvalue weighted by Crippen LogP contribution is -2.45. The summed E-state index contributed by atoms with van der Waals surface area (Å²) in [5, 5.41) is 6.48. The molecule has 1 aromatic rings. The molecule has 1 aromatic carbocycles. The van der Waals surface area contributed by atoms with E-state index < -0.39 is 0 Å². The van der Waals surface area contributed by atoms with E-state index in [-0.39, 0.29) is 24.7 Å². The highest BCUT2D eigenvalue weighted by Gasteiger charge is 2.22. The second-order valence-electron chi connectivity index (χ2n) is 8.31. The van der Waals surface area contributed by atoms with Crippen molar-refractivity contribution in [2.24, 2.45) is 4.99 Å². The molecule has 1 amide bonds. The Morgan fingerprint density at radius 2 is 2.13 bits per heavy atom. The van der Waals surface area contributed by atoms with Crippen LogP contribution in [-0.2, 0) is 22.5 Å². The minimum Gasteiger partial charge on any atom is -0.494 e. The SMILES string of the molecule is CCOc1cc2c(cc1CN=C(NCC(=O)N(C)C)NCC1CCCCO1)OC(C)C2. The lowest BCUT2D eigenvalue weighted by atomic mass is 10.1. The molecule has 0 spiro atoms. The number of hydrogen-bond donors (Lipinski definition) is 2. The van der Waals surface area contributed by atoms with Crippen LogP contribution in [0.1, 0.15) is 44.2 Å². The number of nitrogens with zero attached hydrogens (tertiary/aromatic N) is 2. The molecule has 8 nitrogen and oxygen atoms in total. The molecule has 0 saturated carbocycles. The van der Waals surface area contributed by atoms with E-state index in [1.54, 1.807) is 19.0 Å². The minimum atomic E-state index is -0.0154. The van der Waals surface area contributed by atoms with Crippen LogP contribution in [0, 0.1) is 0 Å². The smallest absolute Gasteiger partial charge is 0.241 e. The predicted molar refractivity (Wildman–Crippen MR) is 121 cm³/mol. The molecule has 172 valence electrons. The fourth-order valence-electron chi connectivity index (χ4n) is 3.73. The van der Waals surface area contributed by atoms with Gasteiger partial charge in [-0.25, -0.2) is 4.99 Å². The first kappa shape index (κ1) is 23.2. The highest BCUT2D eigenvalue weighted by atomic mass is 16.5. The van der Waals surface area contributed by atoms with Crippen LogP contribution < -0.4 is 20.1 Å². The van der Waals surface area contributed by atoms with Gasteiger partial charge in [0.05, 0.1) is 25.8 Å². The molecule has 1 saturated heterocycles. The van der Waals surface area contributed by atoms with Crippen molar-refractivity contribution in [1.29, 1.82) is 0 Å². The first-order chi connectivity index (χ1) is 15.0. The van der Waals surface area contributed by atoms with Crippen LogP contribution in [-0.4, -0.2) is 69.4 Å². The maximum atomic E-state index is 12.0. The van der Waals surface area contributed by atoms with Crippen molar-refractivity contribution in [2.75, 3.05) is 40.4 Å². The number of guanidine groups is 1. The van der Waals surface area contributed by atoms with Crippen molar-refractivity contribution in [3.63, 3.8) is 0 Å². The number of rotatable bonds is 8. The number of likely N-dealkylation sites (N-methyl/N-ethyl adjacent to an activating group) is 1. The maximum absolute atomic E-state index is 12.0. The zero-order valence-electron chi connectivity index (χ0n) is 19.2. The number of fused-ring (bicyclic) bond motifs is 1. The molecule has 31 heavy (non-hydrogen) atoms. The van der Waals surface area contributed by atoms with E-state index in [0.717, 1.165) is 42.9 Å². The zero-order valence-corrected chi connectivity index (χ0v) is 19.2. The number of carbonyl (C=O) groups excluding carboxylic acids is 1. The number of carbonyl (C=O) groups is 1. The van der Waals surface area contributed by atoms with Crippen LogP contribution >= 0.6 is 0 Å². The van der Waals surface area contributed by atoms with Crippen molar-refractivity contribution >= 4 is 11.9 Å². The molecular formula is C23H36N4O4. The van der Waals surface area contributed by atoms with Crippen molar-refractivity contribution < 1.29 is 19.0 Å². The monoisotopic (exact) mass is 432 g/mol. The number of aliphatic imine (C=N–C) groups is 1. The third-order valence-electron chi connectivity index (χ3n) is 5.46. The lowest BCUT2D eigenvalue weighted by molar-refractivity contribution is -0.127. The topological polar surface area (TPSA) is 84.4 Å². The van der Waals surface area contributed by atoms with Crippen molar-refractivity contribution in [3.05, 3.63) is 23.3 Å².